The molecule has 0 atom stereocenters. The van der Waals surface area contributed by atoms with Crippen LogP contribution in [0.5, 0.6) is 0 Å². The van der Waals surface area contributed by atoms with E-state index in [4.69, 9.17) is 4.42 Å². The van der Waals surface area contributed by atoms with E-state index < -0.39 is 0 Å². The van der Waals surface area contributed by atoms with Gasteiger partial charge in [-0.3, -0.25) is 4.79 Å². The molecule has 0 spiro atoms. The standard InChI is InChI=1S/C17H20N4O2S/c1-11(2)9-15(22)21-17(18-10-13-7-6-12(3)23-13)19-16(20-21)14-5-4-8-24-14/h4-8,11H,9-10H2,1-3H3,(H,18,19,20). The molecule has 0 amide bonds. The van der Waals surface area contributed by atoms with Gasteiger partial charge in [-0.15, -0.1) is 16.4 Å². The molecule has 6 nitrogen and oxygen atoms in total. The Bertz CT molecular complexity index is 818. The number of thiophene rings is 1. The van der Waals surface area contributed by atoms with Gasteiger partial charge in [-0.1, -0.05) is 19.9 Å². The maximum atomic E-state index is 12.5. The predicted molar refractivity (Wildman–Crippen MR) is 94.2 cm³/mol. The molecule has 3 aromatic rings. The van der Waals surface area contributed by atoms with Crippen LogP contribution >= 0.6 is 11.3 Å². The number of rotatable bonds is 6. The number of hydrogen-bond acceptors (Lipinski definition) is 6. The molecule has 0 unspecified atom stereocenters. The zero-order valence-electron chi connectivity index (χ0n) is 13.9. The third kappa shape index (κ3) is 3.73. The third-order valence-corrected chi connectivity index (χ3v) is 4.25. The second-order valence-corrected chi connectivity index (χ2v) is 6.95. The minimum atomic E-state index is -0.0709. The van der Waals surface area contributed by atoms with Crippen molar-refractivity contribution in [3.63, 3.8) is 0 Å². The molecule has 0 aromatic carbocycles. The normalized spacial score (nSPS) is 11.2. The molecule has 0 fully saturated rings. The Morgan fingerprint density at radius 3 is 2.83 bits per heavy atom. The highest BCUT2D eigenvalue weighted by Gasteiger charge is 2.18. The van der Waals surface area contributed by atoms with Crippen LogP contribution in [-0.2, 0) is 6.54 Å². The highest BCUT2D eigenvalue weighted by molar-refractivity contribution is 7.13. The van der Waals surface area contributed by atoms with Gasteiger partial charge in [0.15, 0.2) is 5.82 Å². The molecule has 0 saturated carbocycles. The second-order valence-electron chi connectivity index (χ2n) is 6.01. The summed E-state index contributed by atoms with van der Waals surface area (Å²) in [5, 5.41) is 9.52. The monoisotopic (exact) mass is 344 g/mol. The van der Waals surface area contributed by atoms with E-state index in [0.717, 1.165) is 16.4 Å². The van der Waals surface area contributed by atoms with Gasteiger partial charge < -0.3 is 9.73 Å². The summed E-state index contributed by atoms with van der Waals surface area (Å²) in [6, 6.07) is 7.69. The smallest absolute Gasteiger partial charge is 0.250 e. The molecule has 0 aliphatic rings. The molecule has 126 valence electrons. The molecule has 0 radical (unpaired) electrons. The first-order valence-corrected chi connectivity index (χ1v) is 8.74. The zero-order chi connectivity index (χ0) is 17.1. The topological polar surface area (TPSA) is 73.0 Å². The van der Waals surface area contributed by atoms with Crippen LogP contribution < -0.4 is 5.32 Å². The average Bonchev–Trinajstić information content (AvgIpc) is 3.24. The lowest BCUT2D eigenvalue weighted by Crippen LogP contribution is -2.18. The summed E-state index contributed by atoms with van der Waals surface area (Å²) in [5.41, 5.74) is 0. The van der Waals surface area contributed by atoms with E-state index in [1.807, 2.05) is 50.4 Å². The Kier molecular flexibility index (Phi) is 4.80. The van der Waals surface area contributed by atoms with E-state index >= 15 is 0 Å². The van der Waals surface area contributed by atoms with Crippen molar-refractivity contribution < 1.29 is 9.21 Å². The number of nitrogens with zero attached hydrogens (tertiary/aromatic N) is 3. The predicted octanol–water partition coefficient (Wildman–Crippen LogP) is 4.21. The fourth-order valence-corrected chi connectivity index (χ4v) is 2.95. The van der Waals surface area contributed by atoms with E-state index in [9.17, 15) is 4.79 Å². The molecule has 0 saturated heterocycles. The highest BCUT2D eigenvalue weighted by Crippen LogP contribution is 2.23. The second kappa shape index (κ2) is 7.00. The molecule has 1 N–H and O–H groups in total. The molecule has 0 bridgehead atoms. The van der Waals surface area contributed by atoms with Gasteiger partial charge in [0.05, 0.1) is 11.4 Å². The van der Waals surface area contributed by atoms with Crippen molar-refractivity contribution in [1.82, 2.24) is 14.8 Å². The van der Waals surface area contributed by atoms with Crippen molar-refractivity contribution >= 4 is 23.2 Å². The fraction of sp³-hybridized carbons (Fsp3) is 0.353. The number of aromatic nitrogens is 3. The minimum absolute atomic E-state index is 0.0709. The molecule has 0 aliphatic heterocycles. The Morgan fingerprint density at radius 2 is 2.21 bits per heavy atom. The third-order valence-electron chi connectivity index (χ3n) is 3.38. The maximum Gasteiger partial charge on any atom is 0.250 e. The number of furan rings is 1. The number of hydrogen-bond donors (Lipinski definition) is 1. The van der Waals surface area contributed by atoms with Gasteiger partial charge >= 0.3 is 0 Å². The summed E-state index contributed by atoms with van der Waals surface area (Å²) >= 11 is 1.55. The SMILES string of the molecule is Cc1ccc(CNc2nc(-c3cccs3)nn2C(=O)CC(C)C)o1. The molecule has 3 aromatic heterocycles. The van der Waals surface area contributed by atoms with Gasteiger partial charge in [0.25, 0.3) is 0 Å². The Hall–Kier alpha value is -2.41. The van der Waals surface area contributed by atoms with Crippen molar-refractivity contribution in [1.29, 1.82) is 0 Å². The van der Waals surface area contributed by atoms with Gasteiger partial charge in [0.1, 0.15) is 11.5 Å². The van der Waals surface area contributed by atoms with Gasteiger partial charge in [0, 0.05) is 6.42 Å². The molecule has 3 rings (SSSR count). The number of carbonyl (C=O) groups is 1. The summed E-state index contributed by atoms with van der Waals surface area (Å²) in [4.78, 5) is 17.9. The summed E-state index contributed by atoms with van der Waals surface area (Å²) in [7, 11) is 0. The average molecular weight is 344 g/mol. The molecule has 0 aliphatic carbocycles. The van der Waals surface area contributed by atoms with E-state index in [0.29, 0.717) is 24.7 Å². The first-order chi connectivity index (χ1) is 11.5. The van der Waals surface area contributed by atoms with Gasteiger partial charge in [-0.2, -0.15) is 9.67 Å². The molecular weight excluding hydrogens is 324 g/mol. The summed E-state index contributed by atoms with van der Waals surface area (Å²) in [5.74, 6) is 2.82. The lowest BCUT2D eigenvalue weighted by Gasteiger charge is -2.07. The van der Waals surface area contributed by atoms with E-state index in [1.165, 1.54) is 4.68 Å². The first-order valence-electron chi connectivity index (χ1n) is 7.86. The van der Waals surface area contributed by atoms with Crippen LogP contribution in [0, 0.1) is 12.8 Å². The van der Waals surface area contributed by atoms with Crippen LogP contribution in [0.25, 0.3) is 10.7 Å². The molecule has 24 heavy (non-hydrogen) atoms. The van der Waals surface area contributed by atoms with Crippen molar-refractivity contribution in [3.8, 4) is 10.7 Å². The number of anilines is 1. The van der Waals surface area contributed by atoms with Crippen LogP contribution in [0.1, 0.15) is 36.6 Å². The molecule has 7 heteroatoms. The first kappa shape index (κ1) is 16.4. The largest absolute Gasteiger partial charge is 0.465 e. The Balaban J connectivity index is 1.85. The van der Waals surface area contributed by atoms with Gasteiger partial charge in [-0.25, -0.2) is 0 Å². The number of aryl methyl sites for hydroxylation is 1. The lowest BCUT2D eigenvalue weighted by molar-refractivity contribution is 0.0873. The minimum Gasteiger partial charge on any atom is -0.465 e. The zero-order valence-corrected chi connectivity index (χ0v) is 14.8. The number of nitrogens with one attached hydrogen (secondary N) is 1. The van der Waals surface area contributed by atoms with E-state index in [-0.39, 0.29) is 11.8 Å². The highest BCUT2D eigenvalue weighted by atomic mass is 32.1. The Morgan fingerprint density at radius 1 is 1.38 bits per heavy atom. The van der Waals surface area contributed by atoms with Crippen LogP contribution in [0.3, 0.4) is 0 Å². The summed E-state index contributed by atoms with van der Waals surface area (Å²) in [6.45, 7) is 6.36. The maximum absolute atomic E-state index is 12.5. The van der Waals surface area contributed by atoms with Crippen LogP contribution in [0.2, 0.25) is 0 Å². The molecule has 3 heterocycles. The van der Waals surface area contributed by atoms with Crippen LogP contribution in [0.4, 0.5) is 5.95 Å². The van der Waals surface area contributed by atoms with Crippen molar-refractivity contribution in [2.24, 2.45) is 5.92 Å². The van der Waals surface area contributed by atoms with E-state index in [2.05, 4.69) is 15.4 Å². The summed E-state index contributed by atoms with van der Waals surface area (Å²) < 4.78 is 6.91. The van der Waals surface area contributed by atoms with Crippen molar-refractivity contribution in [2.45, 2.75) is 33.7 Å². The van der Waals surface area contributed by atoms with Crippen molar-refractivity contribution in [2.75, 3.05) is 5.32 Å². The lowest BCUT2D eigenvalue weighted by atomic mass is 10.1. The fourth-order valence-electron chi connectivity index (χ4n) is 2.29. The van der Waals surface area contributed by atoms with Gasteiger partial charge in [-0.05, 0) is 36.4 Å². The van der Waals surface area contributed by atoms with Crippen LogP contribution in [-0.4, -0.2) is 20.7 Å². The van der Waals surface area contributed by atoms with Crippen molar-refractivity contribution in [3.05, 3.63) is 41.2 Å². The Labute approximate surface area is 144 Å². The van der Waals surface area contributed by atoms with Crippen LogP contribution in [0.15, 0.2) is 34.1 Å². The summed E-state index contributed by atoms with van der Waals surface area (Å²) in [6.07, 6.45) is 0.418. The molecular formula is C17H20N4O2S. The number of carbonyl (C=O) groups excluding carboxylic acids is 1. The van der Waals surface area contributed by atoms with E-state index in [1.54, 1.807) is 11.3 Å². The van der Waals surface area contributed by atoms with Gasteiger partial charge in [0.2, 0.25) is 11.9 Å². The quantitative estimate of drug-likeness (QED) is 0.725.